The van der Waals surface area contributed by atoms with Crippen LogP contribution in [0.1, 0.15) is 56.9 Å². The summed E-state index contributed by atoms with van der Waals surface area (Å²) in [5.41, 5.74) is 5.75. The lowest BCUT2D eigenvalue weighted by Crippen LogP contribution is -2.30. The van der Waals surface area contributed by atoms with Crippen molar-refractivity contribution in [2.24, 2.45) is 0 Å². The Morgan fingerprint density at radius 2 is 1.33 bits per heavy atom. The molecule has 3 amide bonds. The lowest BCUT2D eigenvalue weighted by molar-refractivity contribution is -0.116. The van der Waals surface area contributed by atoms with E-state index in [4.69, 9.17) is 4.98 Å². The predicted octanol–water partition coefficient (Wildman–Crippen LogP) is 10.1. The largest absolute Gasteiger partial charge is 0.321 e. The summed E-state index contributed by atoms with van der Waals surface area (Å²) in [6.45, 7) is 6.24. The molecule has 52 heavy (non-hydrogen) atoms. The van der Waals surface area contributed by atoms with E-state index in [2.05, 4.69) is 29.8 Å². The van der Waals surface area contributed by atoms with E-state index in [0.29, 0.717) is 22.3 Å². The van der Waals surface area contributed by atoms with Crippen LogP contribution in [0.15, 0.2) is 150 Å². The summed E-state index contributed by atoms with van der Waals surface area (Å²) in [5.74, 6) is -0.672. The topological polar surface area (TPSA) is 100 Å². The molecule has 0 saturated carbocycles. The van der Waals surface area contributed by atoms with E-state index in [-0.39, 0.29) is 17.5 Å². The number of rotatable bonds is 12. The number of nitrogens with zero attached hydrogens (tertiary/aromatic N) is 1. The monoisotopic (exact) mass is 722 g/mol. The number of carbonyl (C=O) groups is 3. The highest BCUT2D eigenvalue weighted by atomic mass is 32.2. The molecule has 260 valence electrons. The number of aromatic nitrogens is 1. The molecule has 6 aromatic rings. The number of anilines is 2. The van der Waals surface area contributed by atoms with Crippen LogP contribution in [0, 0.1) is 6.92 Å². The third-order valence-corrected chi connectivity index (χ3v) is 10.4. The van der Waals surface area contributed by atoms with Crippen LogP contribution in [-0.4, -0.2) is 22.7 Å². The minimum absolute atomic E-state index is 0.109. The van der Waals surface area contributed by atoms with E-state index in [1.165, 1.54) is 28.7 Å². The molecule has 0 aliphatic heterocycles. The van der Waals surface area contributed by atoms with Crippen molar-refractivity contribution in [1.82, 2.24) is 10.3 Å². The number of carbonyl (C=O) groups excluding carboxylic acids is 3. The van der Waals surface area contributed by atoms with Crippen molar-refractivity contribution in [3.05, 3.63) is 172 Å². The molecule has 1 heterocycles. The van der Waals surface area contributed by atoms with Crippen molar-refractivity contribution in [3.63, 3.8) is 0 Å². The molecule has 0 fully saturated rings. The lowest BCUT2D eigenvalue weighted by atomic mass is 10.0. The van der Waals surface area contributed by atoms with Crippen LogP contribution >= 0.6 is 23.1 Å². The maximum atomic E-state index is 13.8. The summed E-state index contributed by atoms with van der Waals surface area (Å²) in [6.07, 6.45) is 1.67. The number of benzene rings is 5. The molecule has 1 unspecified atom stereocenters. The summed E-state index contributed by atoms with van der Waals surface area (Å²) in [4.78, 5) is 47.1. The predicted molar refractivity (Wildman–Crippen MR) is 213 cm³/mol. The van der Waals surface area contributed by atoms with Gasteiger partial charge in [-0.2, -0.15) is 0 Å². The molecule has 0 spiro atoms. The number of aryl methyl sites for hydroxylation is 1. The Balaban J connectivity index is 1.18. The Morgan fingerprint density at radius 1 is 0.712 bits per heavy atom. The Kier molecular flexibility index (Phi) is 11.8. The van der Waals surface area contributed by atoms with Crippen LogP contribution in [0.3, 0.4) is 0 Å². The molecule has 3 N–H and O–H groups in total. The van der Waals surface area contributed by atoms with Gasteiger partial charge in [-0.3, -0.25) is 14.4 Å². The second-order valence-electron chi connectivity index (χ2n) is 12.4. The SMILES string of the molecule is Cc1sc(NC(=O)C(Sc2ccc(NC(=O)/C(=C/c3ccc(C(C)C)cc3)NC(=O)c3ccccc3)cc2)c2ccccc2)nc1-c1ccccc1. The van der Waals surface area contributed by atoms with Crippen LogP contribution in [0.4, 0.5) is 10.8 Å². The van der Waals surface area contributed by atoms with E-state index < -0.39 is 11.2 Å². The van der Waals surface area contributed by atoms with Crippen molar-refractivity contribution in [2.45, 2.75) is 36.8 Å². The van der Waals surface area contributed by atoms with Crippen LogP contribution in [-0.2, 0) is 9.59 Å². The van der Waals surface area contributed by atoms with Crippen LogP contribution < -0.4 is 16.0 Å². The number of amides is 3. The zero-order chi connectivity index (χ0) is 36.5. The van der Waals surface area contributed by atoms with Gasteiger partial charge in [0.2, 0.25) is 5.91 Å². The average molecular weight is 723 g/mol. The molecule has 7 nitrogen and oxygen atoms in total. The van der Waals surface area contributed by atoms with Crippen LogP contribution in [0.2, 0.25) is 0 Å². The smallest absolute Gasteiger partial charge is 0.272 e. The van der Waals surface area contributed by atoms with Gasteiger partial charge in [-0.1, -0.05) is 117 Å². The van der Waals surface area contributed by atoms with Gasteiger partial charge in [0.25, 0.3) is 11.8 Å². The molecular formula is C43H38N4O3S2. The number of thiazole rings is 1. The van der Waals surface area contributed by atoms with Crippen molar-refractivity contribution in [1.29, 1.82) is 0 Å². The van der Waals surface area contributed by atoms with E-state index in [1.807, 2.05) is 110 Å². The van der Waals surface area contributed by atoms with E-state index in [1.54, 1.807) is 42.5 Å². The highest BCUT2D eigenvalue weighted by molar-refractivity contribution is 8.00. The number of nitrogens with one attached hydrogen (secondary N) is 3. The third-order valence-electron chi connectivity index (χ3n) is 8.22. The second kappa shape index (κ2) is 17.0. The summed E-state index contributed by atoms with van der Waals surface area (Å²) in [7, 11) is 0. The van der Waals surface area contributed by atoms with Crippen LogP contribution in [0.25, 0.3) is 17.3 Å². The van der Waals surface area contributed by atoms with Crippen molar-refractivity contribution in [2.75, 3.05) is 10.6 Å². The molecule has 6 rings (SSSR count). The molecule has 5 aromatic carbocycles. The Labute approximate surface area is 312 Å². The van der Waals surface area contributed by atoms with Gasteiger partial charge in [-0.15, -0.1) is 23.1 Å². The summed E-state index contributed by atoms with van der Waals surface area (Å²) in [6, 6.07) is 43.5. The molecular weight excluding hydrogens is 685 g/mol. The molecule has 0 aliphatic rings. The zero-order valence-corrected chi connectivity index (χ0v) is 30.6. The fourth-order valence-electron chi connectivity index (χ4n) is 5.42. The molecule has 0 saturated heterocycles. The van der Waals surface area contributed by atoms with Gasteiger partial charge in [0.1, 0.15) is 10.9 Å². The van der Waals surface area contributed by atoms with E-state index in [0.717, 1.165) is 32.2 Å². The Hall–Kier alpha value is -5.77. The van der Waals surface area contributed by atoms with Gasteiger partial charge < -0.3 is 16.0 Å². The fraction of sp³-hybridized carbons (Fsp3) is 0.116. The minimum Gasteiger partial charge on any atom is -0.321 e. The lowest BCUT2D eigenvalue weighted by Gasteiger charge is -2.17. The standard InChI is InChI=1S/C43H38N4O3S2/c1-28(2)31-21-19-30(20-22-31)27-37(45-40(48)34-17-11-6-12-18-34)41(49)44-35-23-25-36(26-24-35)52-39(33-15-9-5-10-16-33)42(50)47-43-46-38(29(3)51-43)32-13-7-4-8-14-32/h4-28,39H,1-3H3,(H,44,49)(H,45,48)(H,46,47,50)/b37-27-. The normalized spacial score (nSPS) is 11.9. The molecule has 9 heteroatoms. The third kappa shape index (κ3) is 9.31. The Morgan fingerprint density at radius 3 is 1.96 bits per heavy atom. The first-order valence-electron chi connectivity index (χ1n) is 16.9. The number of thioether (sulfide) groups is 1. The highest BCUT2D eigenvalue weighted by Gasteiger charge is 2.24. The van der Waals surface area contributed by atoms with E-state index >= 15 is 0 Å². The maximum Gasteiger partial charge on any atom is 0.272 e. The zero-order valence-electron chi connectivity index (χ0n) is 29.0. The van der Waals surface area contributed by atoms with Crippen molar-refractivity contribution >= 4 is 57.7 Å². The van der Waals surface area contributed by atoms with Gasteiger partial charge in [-0.25, -0.2) is 4.98 Å². The first kappa shape index (κ1) is 36.0. The number of hydrogen-bond donors (Lipinski definition) is 3. The van der Waals surface area contributed by atoms with Crippen LogP contribution in [0.5, 0.6) is 0 Å². The molecule has 0 bridgehead atoms. The van der Waals surface area contributed by atoms with Gasteiger partial charge >= 0.3 is 0 Å². The fourth-order valence-corrected chi connectivity index (χ4v) is 7.29. The molecule has 0 radical (unpaired) electrons. The summed E-state index contributed by atoms with van der Waals surface area (Å²) < 4.78 is 0. The average Bonchev–Trinajstić information content (AvgIpc) is 3.54. The highest BCUT2D eigenvalue weighted by Crippen LogP contribution is 2.38. The van der Waals surface area contributed by atoms with Gasteiger partial charge in [0, 0.05) is 26.6 Å². The molecule has 0 aliphatic carbocycles. The second-order valence-corrected chi connectivity index (χ2v) is 14.7. The van der Waals surface area contributed by atoms with Gasteiger partial charge in [-0.05, 0) is 72.0 Å². The molecule has 1 atom stereocenters. The van der Waals surface area contributed by atoms with Gasteiger partial charge in [0.15, 0.2) is 5.13 Å². The first-order valence-corrected chi connectivity index (χ1v) is 18.6. The first-order chi connectivity index (χ1) is 25.2. The van der Waals surface area contributed by atoms with Gasteiger partial charge in [0.05, 0.1) is 5.69 Å². The summed E-state index contributed by atoms with van der Waals surface area (Å²) >= 11 is 2.85. The van der Waals surface area contributed by atoms with E-state index in [9.17, 15) is 14.4 Å². The quantitative estimate of drug-likeness (QED) is 0.0863. The Bertz CT molecular complexity index is 2170. The summed E-state index contributed by atoms with van der Waals surface area (Å²) in [5, 5.41) is 8.75. The molecule has 1 aromatic heterocycles. The number of hydrogen-bond acceptors (Lipinski definition) is 6. The minimum atomic E-state index is -0.559. The maximum absolute atomic E-state index is 13.8. The van der Waals surface area contributed by atoms with Crippen molar-refractivity contribution in [3.8, 4) is 11.3 Å². The van der Waals surface area contributed by atoms with Crippen molar-refractivity contribution < 1.29 is 14.4 Å².